The van der Waals surface area contributed by atoms with Gasteiger partial charge < -0.3 is 9.51 Å². The molecule has 0 fully saturated rings. The van der Waals surface area contributed by atoms with Crippen LogP contribution in [0.3, 0.4) is 0 Å². The third-order valence-corrected chi connectivity index (χ3v) is 4.55. The van der Waals surface area contributed by atoms with Crippen LogP contribution in [-0.4, -0.2) is 26.6 Å². The van der Waals surface area contributed by atoms with Crippen molar-refractivity contribution in [3.05, 3.63) is 69.0 Å². The molecule has 2 aromatic heterocycles. The number of H-pyrrole nitrogens is 1. The van der Waals surface area contributed by atoms with Gasteiger partial charge in [0.2, 0.25) is 11.7 Å². The number of hydrogen-bond donors (Lipinski definition) is 1. The molecule has 0 aliphatic carbocycles. The number of nitrogens with one attached hydrogen (secondary N) is 1. The number of hydrogen-bond acceptors (Lipinski definition) is 5. The summed E-state index contributed by atoms with van der Waals surface area (Å²) in [5, 5.41) is 4.09. The van der Waals surface area contributed by atoms with Gasteiger partial charge in [0.1, 0.15) is 0 Å². The smallest absolute Gasteiger partial charge is 0.241 e. The van der Waals surface area contributed by atoms with Crippen LogP contribution >= 0.6 is 0 Å². The summed E-state index contributed by atoms with van der Waals surface area (Å²) in [5.74, 6) is 1.16. The van der Waals surface area contributed by atoms with E-state index in [-0.39, 0.29) is 5.43 Å². The fourth-order valence-corrected chi connectivity index (χ4v) is 2.88. The second-order valence-corrected chi connectivity index (χ2v) is 6.59. The number of benzene rings is 1. The summed E-state index contributed by atoms with van der Waals surface area (Å²) >= 11 is 0. The van der Waals surface area contributed by atoms with Gasteiger partial charge in [0.25, 0.3) is 0 Å². The molecule has 0 bridgehead atoms. The average Bonchev–Trinajstić information content (AvgIpc) is 3.10. The van der Waals surface area contributed by atoms with Gasteiger partial charge in [-0.2, -0.15) is 4.98 Å². The molecule has 2 heterocycles. The highest BCUT2D eigenvalue weighted by Crippen LogP contribution is 2.18. The Kier molecular flexibility index (Phi) is 5.32. The van der Waals surface area contributed by atoms with Crippen LogP contribution in [0.1, 0.15) is 35.2 Å². The molecule has 26 heavy (non-hydrogen) atoms. The molecule has 3 aromatic rings. The fourth-order valence-electron chi connectivity index (χ4n) is 2.88. The lowest BCUT2D eigenvalue weighted by Gasteiger charge is -2.19. The summed E-state index contributed by atoms with van der Waals surface area (Å²) in [6.07, 6.45) is 1.76. The third-order valence-electron chi connectivity index (χ3n) is 4.55. The van der Waals surface area contributed by atoms with Crippen molar-refractivity contribution in [2.24, 2.45) is 0 Å². The maximum atomic E-state index is 12.1. The van der Waals surface area contributed by atoms with E-state index in [2.05, 4.69) is 26.9 Å². The number of aromatic amines is 1. The van der Waals surface area contributed by atoms with Crippen LogP contribution in [0.4, 0.5) is 0 Å². The Bertz CT molecular complexity index is 958. The Morgan fingerprint density at radius 2 is 2.00 bits per heavy atom. The van der Waals surface area contributed by atoms with Crippen LogP contribution < -0.4 is 5.43 Å². The van der Waals surface area contributed by atoms with Crippen molar-refractivity contribution < 1.29 is 4.52 Å². The topological polar surface area (TPSA) is 75.0 Å². The van der Waals surface area contributed by atoms with Gasteiger partial charge in [-0.05, 0) is 33.4 Å². The molecule has 0 saturated carbocycles. The Morgan fingerprint density at radius 1 is 1.19 bits per heavy atom. The first-order valence-electron chi connectivity index (χ1n) is 8.77. The summed E-state index contributed by atoms with van der Waals surface area (Å²) in [4.78, 5) is 22.0. The predicted molar refractivity (Wildman–Crippen MR) is 101 cm³/mol. The van der Waals surface area contributed by atoms with E-state index >= 15 is 0 Å². The Labute approximate surface area is 152 Å². The van der Waals surface area contributed by atoms with E-state index in [0.717, 1.165) is 34.5 Å². The van der Waals surface area contributed by atoms with E-state index in [1.807, 2.05) is 45.0 Å². The van der Waals surface area contributed by atoms with Gasteiger partial charge in [0.15, 0.2) is 5.43 Å². The molecule has 136 valence electrons. The molecule has 0 atom stereocenters. The van der Waals surface area contributed by atoms with Crippen LogP contribution in [0.25, 0.3) is 11.4 Å². The molecular formula is C20H24N4O2. The molecule has 0 radical (unpaired) electrons. The minimum Gasteiger partial charge on any atom is -0.363 e. The zero-order valence-corrected chi connectivity index (χ0v) is 15.7. The molecular weight excluding hydrogens is 328 g/mol. The molecule has 0 saturated heterocycles. The van der Waals surface area contributed by atoms with Gasteiger partial charge in [-0.25, -0.2) is 0 Å². The molecule has 1 N–H and O–H groups in total. The quantitative estimate of drug-likeness (QED) is 0.736. The number of nitrogens with zero attached hydrogens (tertiary/aromatic N) is 3. The Hall–Kier alpha value is -2.73. The Morgan fingerprint density at radius 3 is 2.73 bits per heavy atom. The van der Waals surface area contributed by atoms with Crippen molar-refractivity contribution >= 4 is 0 Å². The first-order valence-corrected chi connectivity index (χ1v) is 8.77. The minimum absolute atomic E-state index is 0.0920. The maximum absolute atomic E-state index is 12.1. The van der Waals surface area contributed by atoms with Crippen molar-refractivity contribution in [3.63, 3.8) is 0 Å². The van der Waals surface area contributed by atoms with E-state index in [1.165, 1.54) is 0 Å². The van der Waals surface area contributed by atoms with Gasteiger partial charge in [-0.15, -0.1) is 0 Å². The molecule has 3 rings (SSSR count). The van der Waals surface area contributed by atoms with Crippen LogP contribution in [0.5, 0.6) is 0 Å². The number of aryl methyl sites for hydroxylation is 2. The standard InChI is InChI=1S/C20H24N4O2/c1-5-24(11-17-15(4)19(25)14(3)10-21-17)12-18-22-20(23-26-18)16-8-6-7-13(2)9-16/h6-10H,5,11-12H2,1-4H3,(H,21,25). The van der Waals surface area contributed by atoms with E-state index in [9.17, 15) is 4.79 Å². The highest BCUT2D eigenvalue weighted by Gasteiger charge is 2.14. The predicted octanol–water partition coefficient (Wildman–Crippen LogP) is 3.37. The molecule has 0 amide bonds. The van der Waals surface area contributed by atoms with Crippen LogP contribution in [-0.2, 0) is 13.1 Å². The first kappa shape index (κ1) is 18.1. The molecule has 0 aliphatic heterocycles. The second kappa shape index (κ2) is 7.66. The number of aromatic nitrogens is 3. The first-order chi connectivity index (χ1) is 12.5. The van der Waals surface area contributed by atoms with E-state index < -0.39 is 0 Å². The molecule has 1 aromatic carbocycles. The van der Waals surface area contributed by atoms with E-state index in [0.29, 0.717) is 24.8 Å². The number of rotatable bonds is 6. The normalized spacial score (nSPS) is 11.3. The molecule has 0 aliphatic rings. The maximum Gasteiger partial charge on any atom is 0.241 e. The second-order valence-electron chi connectivity index (χ2n) is 6.59. The lowest BCUT2D eigenvalue weighted by atomic mass is 10.1. The highest BCUT2D eigenvalue weighted by molar-refractivity contribution is 5.55. The van der Waals surface area contributed by atoms with Crippen LogP contribution in [0.15, 0.2) is 39.8 Å². The highest BCUT2D eigenvalue weighted by atomic mass is 16.5. The zero-order valence-electron chi connectivity index (χ0n) is 15.7. The lowest BCUT2D eigenvalue weighted by molar-refractivity contribution is 0.226. The van der Waals surface area contributed by atoms with Crippen molar-refractivity contribution in [3.8, 4) is 11.4 Å². The van der Waals surface area contributed by atoms with Crippen molar-refractivity contribution in [1.82, 2.24) is 20.0 Å². The SMILES string of the molecule is CCN(Cc1nc(-c2cccc(C)c2)no1)Cc1[nH]cc(C)c(=O)c1C. The summed E-state index contributed by atoms with van der Waals surface area (Å²) in [7, 11) is 0. The van der Waals surface area contributed by atoms with Crippen molar-refractivity contribution in [1.29, 1.82) is 0 Å². The summed E-state index contributed by atoms with van der Waals surface area (Å²) < 4.78 is 5.43. The van der Waals surface area contributed by atoms with Gasteiger partial charge in [-0.1, -0.05) is 35.8 Å². The summed E-state index contributed by atoms with van der Waals surface area (Å²) in [5.41, 5.74) is 4.60. The van der Waals surface area contributed by atoms with Crippen molar-refractivity contribution in [2.75, 3.05) is 6.54 Å². The summed E-state index contributed by atoms with van der Waals surface area (Å²) in [6, 6.07) is 8.02. The van der Waals surface area contributed by atoms with Crippen molar-refractivity contribution in [2.45, 2.75) is 40.8 Å². The van der Waals surface area contributed by atoms with E-state index in [1.54, 1.807) is 6.20 Å². The summed E-state index contributed by atoms with van der Waals surface area (Å²) in [6.45, 7) is 9.74. The van der Waals surface area contributed by atoms with Crippen LogP contribution in [0, 0.1) is 20.8 Å². The molecule has 0 spiro atoms. The van der Waals surface area contributed by atoms with E-state index in [4.69, 9.17) is 4.52 Å². The largest absolute Gasteiger partial charge is 0.363 e. The monoisotopic (exact) mass is 352 g/mol. The van der Waals surface area contributed by atoms with Gasteiger partial charge in [0.05, 0.1) is 6.54 Å². The molecule has 6 nitrogen and oxygen atoms in total. The van der Waals surface area contributed by atoms with Gasteiger partial charge >= 0.3 is 0 Å². The lowest BCUT2D eigenvalue weighted by Crippen LogP contribution is -2.25. The average molecular weight is 352 g/mol. The molecule has 0 unspecified atom stereocenters. The zero-order chi connectivity index (χ0) is 18.7. The van der Waals surface area contributed by atoms with Gasteiger partial charge in [0, 0.05) is 35.1 Å². The van der Waals surface area contributed by atoms with Gasteiger partial charge in [-0.3, -0.25) is 9.69 Å². The van der Waals surface area contributed by atoms with Crippen LogP contribution in [0.2, 0.25) is 0 Å². The fraction of sp³-hybridized carbons (Fsp3) is 0.350. The molecule has 6 heteroatoms. The number of pyridine rings is 1. The minimum atomic E-state index is 0.0920. The Balaban J connectivity index is 1.75. The third kappa shape index (κ3) is 3.91.